The van der Waals surface area contributed by atoms with Gasteiger partial charge in [0.1, 0.15) is 5.82 Å². The second-order valence-corrected chi connectivity index (χ2v) is 8.99. The van der Waals surface area contributed by atoms with Gasteiger partial charge in [0.2, 0.25) is 5.95 Å². The van der Waals surface area contributed by atoms with Crippen LogP contribution in [0.5, 0.6) is 0 Å². The fourth-order valence-electron chi connectivity index (χ4n) is 4.12. The summed E-state index contributed by atoms with van der Waals surface area (Å²) < 4.78 is 4.34. The highest BCUT2D eigenvalue weighted by molar-refractivity contribution is 9.10. The van der Waals surface area contributed by atoms with E-state index in [1.807, 2.05) is 32.3 Å². The van der Waals surface area contributed by atoms with E-state index >= 15 is 0 Å². The predicted molar refractivity (Wildman–Crippen MR) is 126 cm³/mol. The van der Waals surface area contributed by atoms with Crippen LogP contribution in [0.25, 0.3) is 16.8 Å². The molecule has 4 aromatic rings. The summed E-state index contributed by atoms with van der Waals surface area (Å²) in [5.41, 5.74) is 3.55. The fraction of sp³-hybridized carbons (Fsp3) is 0.350. The molecule has 1 aliphatic heterocycles. The minimum absolute atomic E-state index is 0.200. The van der Waals surface area contributed by atoms with E-state index in [-0.39, 0.29) is 5.92 Å². The van der Waals surface area contributed by atoms with Gasteiger partial charge in [0.05, 0.1) is 22.6 Å². The molecule has 0 aliphatic carbocycles. The summed E-state index contributed by atoms with van der Waals surface area (Å²) in [5, 5.41) is 22.3. The van der Waals surface area contributed by atoms with Crippen molar-refractivity contribution in [1.82, 2.24) is 39.2 Å². The minimum atomic E-state index is -0.476. The average Bonchev–Trinajstić information content (AvgIpc) is 3.41. The van der Waals surface area contributed by atoms with E-state index in [0.717, 1.165) is 58.7 Å². The topological polar surface area (TPSA) is 109 Å². The molecule has 1 aliphatic rings. The number of piperidine rings is 1. The van der Waals surface area contributed by atoms with E-state index in [0.29, 0.717) is 5.95 Å². The molecule has 1 unspecified atom stereocenters. The van der Waals surface area contributed by atoms with E-state index in [1.54, 1.807) is 27.8 Å². The minimum Gasteiger partial charge on any atom is -0.437 e. The number of halogens is 1. The molecule has 10 nitrogen and oxygen atoms in total. The third kappa shape index (κ3) is 4.13. The van der Waals surface area contributed by atoms with Crippen LogP contribution in [0.1, 0.15) is 24.5 Å². The molecular weight excluding hydrogens is 473 g/mol. The van der Waals surface area contributed by atoms with Gasteiger partial charge in [0, 0.05) is 48.7 Å². The van der Waals surface area contributed by atoms with Gasteiger partial charge in [-0.05, 0) is 48.7 Å². The third-order valence-corrected chi connectivity index (χ3v) is 6.18. The zero-order valence-corrected chi connectivity index (χ0v) is 19.4. The zero-order valence-electron chi connectivity index (χ0n) is 17.9. The van der Waals surface area contributed by atoms with Gasteiger partial charge in [-0.1, -0.05) is 0 Å². The lowest BCUT2D eigenvalue weighted by Crippen LogP contribution is -2.43. The van der Waals surface area contributed by atoms with Crippen LogP contribution in [-0.2, 0) is 7.05 Å². The smallest absolute Gasteiger partial charge is 0.376 e. The molecule has 5 heterocycles. The molecule has 164 valence electrons. The Kier molecular flexibility index (Phi) is 5.66. The van der Waals surface area contributed by atoms with Crippen LogP contribution in [0.4, 0.5) is 11.8 Å². The molecular formula is C20H23BBrN9O. The second kappa shape index (κ2) is 8.60. The summed E-state index contributed by atoms with van der Waals surface area (Å²) in [4.78, 5) is 15.8. The maximum atomic E-state index is 10.1. The first-order chi connectivity index (χ1) is 15.5. The van der Waals surface area contributed by atoms with Crippen LogP contribution in [0, 0.1) is 0 Å². The third-order valence-electron chi connectivity index (χ3n) is 5.77. The summed E-state index contributed by atoms with van der Waals surface area (Å²) in [6.07, 6.45) is 11.0. The molecule has 0 amide bonds. The maximum absolute atomic E-state index is 10.1. The normalized spacial score (nSPS) is 17.1. The van der Waals surface area contributed by atoms with Crippen molar-refractivity contribution >= 4 is 40.4 Å². The van der Waals surface area contributed by atoms with Gasteiger partial charge in [-0.15, -0.1) is 0 Å². The summed E-state index contributed by atoms with van der Waals surface area (Å²) >= 11 is 3.37. The summed E-state index contributed by atoms with van der Waals surface area (Å²) in [5.74, 6) is 1.40. The van der Waals surface area contributed by atoms with E-state index in [4.69, 9.17) is 4.98 Å². The van der Waals surface area contributed by atoms with Crippen molar-refractivity contribution in [3.63, 3.8) is 0 Å². The molecule has 0 radical (unpaired) electrons. The van der Waals surface area contributed by atoms with Gasteiger partial charge in [0.25, 0.3) is 0 Å². The van der Waals surface area contributed by atoms with Gasteiger partial charge in [-0.25, -0.2) is 15.0 Å². The lowest BCUT2D eigenvalue weighted by atomic mass is 9.80. The highest BCUT2D eigenvalue weighted by Crippen LogP contribution is 2.32. The van der Waals surface area contributed by atoms with Crippen LogP contribution < -0.4 is 5.32 Å². The highest BCUT2D eigenvalue weighted by atomic mass is 79.9. The van der Waals surface area contributed by atoms with Gasteiger partial charge in [0.15, 0.2) is 5.65 Å². The Bertz CT molecular complexity index is 1240. The van der Waals surface area contributed by atoms with Crippen molar-refractivity contribution in [3.05, 3.63) is 47.2 Å². The molecule has 1 fully saturated rings. The lowest BCUT2D eigenvalue weighted by Gasteiger charge is -2.33. The summed E-state index contributed by atoms with van der Waals surface area (Å²) in [7, 11) is 1.41. The largest absolute Gasteiger partial charge is 0.437 e. The number of hydrogen-bond donors (Lipinski definition) is 2. The first-order valence-corrected chi connectivity index (χ1v) is 11.3. The standard InChI is InChI=1S/C20H23BBrN9O/c1-21(32)30-5-3-4-13(12-30)17-6-18(28-20-23-8-15(22)9-24-20)31-19(27-17)16(10-26-31)14-7-25-29(2)11-14/h6-11,13,32H,3-5,12H2,1-2H3,(H,23,24,28). The van der Waals surface area contributed by atoms with E-state index < -0.39 is 7.05 Å². The highest BCUT2D eigenvalue weighted by Gasteiger charge is 2.28. The van der Waals surface area contributed by atoms with Crippen molar-refractivity contribution < 1.29 is 5.02 Å². The lowest BCUT2D eigenvalue weighted by molar-refractivity contribution is 0.283. The van der Waals surface area contributed by atoms with Gasteiger partial charge in [-0.3, -0.25) is 4.68 Å². The van der Waals surface area contributed by atoms with Crippen LogP contribution in [0.15, 0.2) is 41.5 Å². The van der Waals surface area contributed by atoms with Crippen LogP contribution in [0.2, 0.25) is 6.82 Å². The molecule has 0 spiro atoms. The second-order valence-electron chi connectivity index (χ2n) is 8.08. The Morgan fingerprint density at radius 2 is 2.00 bits per heavy atom. The number of fused-ring (bicyclic) bond motifs is 1. The molecule has 1 atom stereocenters. The Labute approximate surface area is 194 Å². The first kappa shape index (κ1) is 21.0. The van der Waals surface area contributed by atoms with E-state index in [1.165, 1.54) is 0 Å². The van der Waals surface area contributed by atoms with E-state index in [2.05, 4.69) is 46.2 Å². The van der Waals surface area contributed by atoms with Crippen molar-refractivity contribution in [2.75, 3.05) is 18.4 Å². The van der Waals surface area contributed by atoms with Crippen LogP contribution in [-0.4, -0.2) is 64.3 Å². The predicted octanol–water partition coefficient (Wildman–Crippen LogP) is 2.72. The average molecular weight is 496 g/mol. The molecule has 0 bridgehead atoms. The number of aryl methyl sites for hydroxylation is 1. The van der Waals surface area contributed by atoms with Gasteiger partial charge in [-0.2, -0.15) is 14.7 Å². The Morgan fingerprint density at radius 1 is 1.19 bits per heavy atom. The number of hydrogen-bond acceptors (Lipinski definition) is 8. The Morgan fingerprint density at radius 3 is 2.72 bits per heavy atom. The van der Waals surface area contributed by atoms with Crippen molar-refractivity contribution in [2.45, 2.75) is 25.6 Å². The summed E-state index contributed by atoms with van der Waals surface area (Å²) in [6, 6.07) is 2.01. The Hall–Kier alpha value is -2.83. The number of rotatable bonds is 5. The fourth-order valence-corrected chi connectivity index (χ4v) is 4.33. The molecule has 32 heavy (non-hydrogen) atoms. The van der Waals surface area contributed by atoms with Crippen LogP contribution in [0.3, 0.4) is 0 Å². The van der Waals surface area contributed by atoms with Gasteiger partial charge < -0.3 is 15.2 Å². The molecule has 1 saturated heterocycles. The van der Waals surface area contributed by atoms with Crippen LogP contribution >= 0.6 is 15.9 Å². The number of aromatic nitrogens is 7. The van der Waals surface area contributed by atoms with Crippen molar-refractivity contribution in [1.29, 1.82) is 0 Å². The van der Waals surface area contributed by atoms with Crippen molar-refractivity contribution in [2.24, 2.45) is 7.05 Å². The monoisotopic (exact) mass is 495 g/mol. The molecule has 2 N–H and O–H groups in total. The number of nitrogens with one attached hydrogen (secondary N) is 1. The molecule has 12 heteroatoms. The van der Waals surface area contributed by atoms with E-state index in [9.17, 15) is 5.02 Å². The number of nitrogens with zero attached hydrogens (tertiary/aromatic N) is 8. The van der Waals surface area contributed by atoms with Gasteiger partial charge >= 0.3 is 7.05 Å². The SMILES string of the molecule is CB(O)N1CCCC(c2cc(Nc3ncc(Br)cn3)n3ncc(-c4cnn(C)c4)c3n2)C1. The zero-order chi connectivity index (χ0) is 22.2. The summed E-state index contributed by atoms with van der Waals surface area (Å²) in [6.45, 7) is 3.46. The molecule has 0 saturated carbocycles. The maximum Gasteiger partial charge on any atom is 0.376 e. The Balaban J connectivity index is 1.60. The molecule has 4 aromatic heterocycles. The molecule has 5 rings (SSSR count). The number of anilines is 2. The quantitative estimate of drug-likeness (QED) is 0.407. The first-order valence-electron chi connectivity index (χ1n) is 10.5. The molecule has 0 aromatic carbocycles. The van der Waals surface area contributed by atoms with Crippen molar-refractivity contribution in [3.8, 4) is 11.1 Å².